The molecule has 0 unspecified atom stereocenters. The molecule has 0 atom stereocenters. The van der Waals surface area contributed by atoms with Gasteiger partial charge in [0.1, 0.15) is 0 Å². The maximum absolute atomic E-state index is 4.34. The molecule has 0 saturated carbocycles. The normalized spacial score (nSPS) is 11.9. The summed E-state index contributed by atoms with van der Waals surface area (Å²) in [4.78, 5) is 8.57. The highest BCUT2D eigenvalue weighted by molar-refractivity contribution is 5.70. The molecule has 0 radical (unpaired) electrons. The van der Waals surface area contributed by atoms with Crippen molar-refractivity contribution < 1.29 is 0 Å². The monoisotopic (exact) mass is 188 g/mol. The van der Waals surface area contributed by atoms with Crippen LogP contribution < -0.4 is 0 Å². The zero-order valence-corrected chi connectivity index (χ0v) is 8.99. The molecule has 14 heavy (non-hydrogen) atoms. The van der Waals surface area contributed by atoms with Gasteiger partial charge in [0.25, 0.3) is 0 Å². The van der Waals surface area contributed by atoms with E-state index < -0.39 is 0 Å². The lowest BCUT2D eigenvalue weighted by atomic mass is 9.98. The summed E-state index contributed by atoms with van der Waals surface area (Å²) < 4.78 is 0. The van der Waals surface area contributed by atoms with Gasteiger partial charge in [0, 0.05) is 12.4 Å². The first kappa shape index (κ1) is 10.6. The van der Waals surface area contributed by atoms with Crippen LogP contribution in [0.25, 0.3) is 11.6 Å². The smallest absolute Gasteiger partial charge is 0.0917 e. The molecule has 0 N–H and O–H groups in total. The van der Waals surface area contributed by atoms with Crippen molar-refractivity contribution in [1.82, 2.24) is 9.97 Å². The Morgan fingerprint density at radius 2 is 2.00 bits per heavy atom. The number of nitrogens with zero attached hydrogens (tertiary/aromatic N) is 2. The Morgan fingerprint density at radius 3 is 2.50 bits per heavy atom. The van der Waals surface area contributed by atoms with Crippen LogP contribution in [0.1, 0.15) is 32.2 Å². The Hall–Kier alpha value is -1.44. The highest BCUT2D eigenvalue weighted by atomic mass is 14.8. The van der Waals surface area contributed by atoms with E-state index in [9.17, 15) is 0 Å². The summed E-state index contributed by atoms with van der Waals surface area (Å²) in [7, 11) is 0. The molecular weight excluding hydrogens is 172 g/mol. The third-order valence-corrected chi connectivity index (χ3v) is 2.13. The van der Waals surface area contributed by atoms with Gasteiger partial charge in [0.05, 0.1) is 11.4 Å². The minimum absolute atomic E-state index is 0.454. The van der Waals surface area contributed by atoms with Crippen LogP contribution in [0.3, 0.4) is 0 Å². The summed E-state index contributed by atoms with van der Waals surface area (Å²) in [5.41, 5.74) is 3.02. The van der Waals surface area contributed by atoms with E-state index in [1.807, 2.05) is 6.92 Å². The quantitative estimate of drug-likeness (QED) is 0.728. The predicted octanol–water partition coefficient (Wildman–Crippen LogP) is 3.18. The lowest BCUT2D eigenvalue weighted by molar-refractivity contribution is 0.844. The highest BCUT2D eigenvalue weighted by Crippen LogP contribution is 2.23. The van der Waals surface area contributed by atoms with Crippen LogP contribution in [-0.2, 0) is 0 Å². The van der Waals surface area contributed by atoms with E-state index in [4.69, 9.17) is 0 Å². The lowest BCUT2D eigenvalue weighted by Gasteiger charge is -2.11. The largest absolute Gasteiger partial charge is 0.253 e. The zero-order valence-electron chi connectivity index (χ0n) is 8.99. The Bertz CT molecular complexity index is 351. The topological polar surface area (TPSA) is 25.8 Å². The summed E-state index contributed by atoms with van der Waals surface area (Å²) >= 11 is 0. The summed E-state index contributed by atoms with van der Waals surface area (Å²) in [6, 6.07) is 0. The van der Waals surface area contributed by atoms with Crippen LogP contribution >= 0.6 is 0 Å². The first-order valence-corrected chi connectivity index (χ1v) is 4.80. The molecule has 0 bridgehead atoms. The molecule has 1 aromatic rings. The fourth-order valence-electron chi connectivity index (χ4n) is 1.46. The first-order chi connectivity index (χ1) is 6.70. The molecule has 0 spiro atoms. The van der Waals surface area contributed by atoms with Crippen molar-refractivity contribution in [3.05, 3.63) is 36.4 Å². The molecule has 1 rings (SSSR count). The second-order valence-electron chi connectivity index (χ2n) is 3.39. The van der Waals surface area contributed by atoms with Crippen molar-refractivity contribution in [2.45, 2.75) is 20.8 Å². The third-order valence-electron chi connectivity index (χ3n) is 2.13. The van der Waals surface area contributed by atoms with Gasteiger partial charge in [0.2, 0.25) is 0 Å². The van der Waals surface area contributed by atoms with Crippen molar-refractivity contribution in [3.8, 4) is 0 Å². The van der Waals surface area contributed by atoms with Crippen LogP contribution in [0.2, 0.25) is 0 Å². The Morgan fingerprint density at radius 1 is 1.36 bits per heavy atom. The van der Waals surface area contributed by atoms with Gasteiger partial charge < -0.3 is 0 Å². The number of hydrogen-bond acceptors (Lipinski definition) is 2. The van der Waals surface area contributed by atoms with Crippen LogP contribution in [0.5, 0.6) is 0 Å². The van der Waals surface area contributed by atoms with Crippen LogP contribution in [-0.4, -0.2) is 9.97 Å². The van der Waals surface area contributed by atoms with E-state index in [0.29, 0.717) is 5.92 Å². The van der Waals surface area contributed by atoms with Gasteiger partial charge >= 0.3 is 0 Å². The highest BCUT2D eigenvalue weighted by Gasteiger charge is 2.10. The minimum atomic E-state index is 0.454. The van der Waals surface area contributed by atoms with Crippen molar-refractivity contribution in [3.63, 3.8) is 0 Å². The fourth-order valence-corrected chi connectivity index (χ4v) is 1.46. The Kier molecular flexibility index (Phi) is 3.57. The third kappa shape index (κ3) is 2.08. The minimum Gasteiger partial charge on any atom is -0.253 e. The SMILES string of the molecule is C=Cc1nccnc1/C(=C\C)C(C)C. The van der Waals surface area contributed by atoms with E-state index in [2.05, 4.69) is 36.5 Å². The second kappa shape index (κ2) is 4.70. The van der Waals surface area contributed by atoms with Crippen molar-refractivity contribution >= 4 is 11.6 Å². The van der Waals surface area contributed by atoms with Gasteiger partial charge in [-0.3, -0.25) is 9.97 Å². The van der Waals surface area contributed by atoms with Crippen LogP contribution in [0.4, 0.5) is 0 Å². The van der Waals surface area contributed by atoms with Gasteiger partial charge in [-0.2, -0.15) is 0 Å². The van der Waals surface area contributed by atoms with Crippen molar-refractivity contribution in [2.24, 2.45) is 5.92 Å². The Labute approximate surface area is 85.4 Å². The van der Waals surface area contributed by atoms with Gasteiger partial charge in [-0.1, -0.05) is 26.5 Å². The van der Waals surface area contributed by atoms with Crippen LogP contribution in [0.15, 0.2) is 25.0 Å². The summed E-state index contributed by atoms with van der Waals surface area (Å²) in [5.74, 6) is 0.454. The van der Waals surface area contributed by atoms with Crippen LogP contribution in [0, 0.1) is 5.92 Å². The second-order valence-corrected chi connectivity index (χ2v) is 3.39. The van der Waals surface area contributed by atoms with E-state index in [1.165, 1.54) is 5.57 Å². The number of rotatable bonds is 3. The average Bonchev–Trinajstić information content (AvgIpc) is 2.19. The van der Waals surface area contributed by atoms with Gasteiger partial charge in [-0.05, 0) is 24.5 Å². The summed E-state index contributed by atoms with van der Waals surface area (Å²) in [5, 5.41) is 0. The Balaban J connectivity index is 3.23. The predicted molar refractivity (Wildman–Crippen MR) is 60.6 cm³/mol. The first-order valence-electron chi connectivity index (χ1n) is 4.80. The molecule has 2 nitrogen and oxygen atoms in total. The molecule has 1 aromatic heterocycles. The molecule has 0 aliphatic heterocycles. The number of hydrogen-bond donors (Lipinski definition) is 0. The molecule has 0 aliphatic carbocycles. The molecular formula is C12H16N2. The maximum atomic E-state index is 4.34. The zero-order chi connectivity index (χ0) is 10.6. The maximum Gasteiger partial charge on any atom is 0.0917 e. The molecule has 0 aromatic carbocycles. The van der Waals surface area contributed by atoms with Gasteiger partial charge in [-0.15, -0.1) is 0 Å². The van der Waals surface area contributed by atoms with Crippen molar-refractivity contribution in [1.29, 1.82) is 0 Å². The molecule has 1 heterocycles. The standard InChI is InChI=1S/C12H16N2/c1-5-10(9(3)4)12-11(6-2)13-7-8-14-12/h5-9H,2H2,1,3-4H3/b10-5-. The molecule has 0 amide bonds. The molecule has 74 valence electrons. The summed E-state index contributed by atoms with van der Waals surface area (Å²) in [6.45, 7) is 10.1. The molecule has 2 heteroatoms. The average molecular weight is 188 g/mol. The lowest BCUT2D eigenvalue weighted by Crippen LogP contribution is -2.00. The fraction of sp³-hybridized carbons (Fsp3) is 0.333. The van der Waals surface area contributed by atoms with Gasteiger partial charge in [-0.25, -0.2) is 0 Å². The van der Waals surface area contributed by atoms with E-state index >= 15 is 0 Å². The number of aromatic nitrogens is 2. The molecule has 0 saturated heterocycles. The van der Waals surface area contributed by atoms with E-state index in [1.54, 1.807) is 18.5 Å². The summed E-state index contributed by atoms with van der Waals surface area (Å²) in [6.07, 6.45) is 7.23. The van der Waals surface area contributed by atoms with E-state index in [-0.39, 0.29) is 0 Å². The molecule has 0 aliphatic rings. The number of allylic oxidation sites excluding steroid dienone is 2. The van der Waals surface area contributed by atoms with E-state index in [0.717, 1.165) is 11.4 Å². The van der Waals surface area contributed by atoms with Gasteiger partial charge in [0.15, 0.2) is 0 Å². The van der Waals surface area contributed by atoms with Crippen molar-refractivity contribution in [2.75, 3.05) is 0 Å². The molecule has 0 fully saturated rings.